The maximum absolute atomic E-state index is 13.0. The van der Waals surface area contributed by atoms with Crippen molar-refractivity contribution in [2.75, 3.05) is 6.54 Å². The third kappa shape index (κ3) is 2.67. The van der Waals surface area contributed by atoms with E-state index in [9.17, 15) is 4.39 Å². The van der Waals surface area contributed by atoms with E-state index in [4.69, 9.17) is 5.73 Å². The van der Waals surface area contributed by atoms with E-state index >= 15 is 0 Å². The Kier molecular flexibility index (Phi) is 3.85. The Balaban J connectivity index is 1.77. The van der Waals surface area contributed by atoms with Gasteiger partial charge in [-0.15, -0.1) is 0 Å². The van der Waals surface area contributed by atoms with Crippen molar-refractivity contribution >= 4 is 0 Å². The van der Waals surface area contributed by atoms with Gasteiger partial charge in [-0.05, 0) is 49.9 Å². The number of hydrogen-bond acceptors (Lipinski definition) is 2. The third-order valence-electron chi connectivity index (χ3n) is 4.81. The lowest BCUT2D eigenvalue weighted by atomic mass is 9.84. The summed E-state index contributed by atoms with van der Waals surface area (Å²) in [6, 6.07) is 7.91. The number of rotatable bonds is 2. The Morgan fingerprint density at radius 3 is 2.58 bits per heavy atom. The molecular weight excluding hydrogens is 239 g/mol. The zero-order valence-electron chi connectivity index (χ0n) is 11.4. The van der Waals surface area contributed by atoms with Crippen molar-refractivity contribution in [1.29, 1.82) is 0 Å². The van der Waals surface area contributed by atoms with Crippen LogP contribution in [-0.2, 0) is 0 Å². The number of halogens is 1. The molecule has 2 fully saturated rings. The molecule has 104 valence electrons. The average Bonchev–Trinajstić information content (AvgIpc) is 2.47. The Morgan fingerprint density at radius 1 is 1.05 bits per heavy atom. The van der Waals surface area contributed by atoms with Gasteiger partial charge in [-0.1, -0.05) is 25.0 Å². The molecule has 3 heteroatoms. The first-order chi connectivity index (χ1) is 9.25. The number of nitrogens with two attached hydrogens (primary N) is 1. The van der Waals surface area contributed by atoms with Crippen molar-refractivity contribution in [2.24, 2.45) is 5.73 Å². The van der Waals surface area contributed by atoms with E-state index < -0.39 is 0 Å². The van der Waals surface area contributed by atoms with Gasteiger partial charge in [-0.25, -0.2) is 4.39 Å². The van der Waals surface area contributed by atoms with Gasteiger partial charge in [0.25, 0.3) is 0 Å². The molecule has 3 unspecified atom stereocenters. The van der Waals surface area contributed by atoms with E-state index in [2.05, 4.69) is 4.90 Å². The molecule has 2 N–H and O–H groups in total. The first-order valence-electron chi connectivity index (χ1n) is 7.52. The van der Waals surface area contributed by atoms with Gasteiger partial charge in [-0.2, -0.15) is 0 Å². The predicted molar refractivity (Wildman–Crippen MR) is 75.3 cm³/mol. The maximum Gasteiger partial charge on any atom is 0.123 e. The van der Waals surface area contributed by atoms with Crippen LogP contribution in [0.5, 0.6) is 0 Å². The third-order valence-corrected chi connectivity index (χ3v) is 4.81. The second kappa shape index (κ2) is 5.59. The fourth-order valence-corrected chi connectivity index (χ4v) is 3.79. The Bertz CT molecular complexity index is 415. The summed E-state index contributed by atoms with van der Waals surface area (Å²) in [6.07, 6.45) is 7.76. The van der Waals surface area contributed by atoms with Crippen LogP contribution in [0, 0.1) is 5.82 Å². The number of hydrogen-bond donors (Lipinski definition) is 1. The molecule has 0 aliphatic carbocycles. The second-order valence-electron chi connectivity index (χ2n) is 5.96. The normalized spacial score (nSPS) is 29.8. The maximum atomic E-state index is 13.0. The molecule has 2 heterocycles. The van der Waals surface area contributed by atoms with Gasteiger partial charge in [0.15, 0.2) is 0 Å². The zero-order chi connectivity index (χ0) is 13.2. The van der Waals surface area contributed by atoms with Gasteiger partial charge in [0, 0.05) is 18.1 Å². The Morgan fingerprint density at radius 2 is 1.79 bits per heavy atom. The lowest BCUT2D eigenvalue weighted by Crippen LogP contribution is -2.53. The monoisotopic (exact) mass is 262 g/mol. The van der Waals surface area contributed by atoms with Crippen molar-refractivity contribution in [3.63, 3.8) is 0 Å². The molecule has 0 saturated carbocycles. The van der Waals surface area contributed by atoms with Gasteiger partial charge < -0.3 is 5.73 Å². The SMILES string of the molecule is NC(c1ccc(F)cc1)C1CCCC2CCCCN21. The number of nitrogens with zero attached hydrogens (tertiary/aromatic N) is 1. The molecule has 1 aromatic carbocycles. The van der Waals surface area contributed by atoms with Crippen molar-refractivity contribution in [1.82, 2.24) is 4.90 Å². The molecule has 2 nitrogen and oxygen atoms in total. The molecule has 3 atom stereocenters. The molecule has 1 aromatic rings. The van der Waals surface area contributed by atoms with Gasteiger partial charge >= 0.3 is 0 Å². The molecule has 2 aliphatic heterocycles. The summed E-state index contributed by atoms with van der Waals surface area (Å²) in [6.45, 7) is 1.18. The predicted octanol–water partition coefficient (Wildman–Crippen LogP) is 3.23. The van der Waals surface area contributed by atoms with Crippen LogP contribution in [0.15, 0.2) is 24.3 Å². The highest BCUT2D eigenvalue weighted by Crippen LogP contribution is 2.34. The van der Waals surface area contributed by atoms with E-state index in [0.29, 0.717) is 6.04 Å². The highest BCUT2D eigenvalue weighted by atomic mass is 19.1. The highest BCUT2D eigenvalue weighted by molar-refractivity contribution is 5.21. The summed E-state index contributed by atoms with van der Waals surface area (Å²) in [5.74, 6) is -0.185. The minimum absolute atomic E-state index is 0.0153. The first kappa shape index (κ1) is 13.1. The minimum atomic E-state index is -0.185. The van der Waals surface area contributed by atoms with Crippen LogP contribution < -0.4 is 5.73 Å². The van der Waals surface area contributed by atoms with E-state index in [1.165, 1.54) is 57.2 Å². The van der Waals surface area contributed by atoms with Gasteiger partial charge in [0.1, 0.15) is 5.82 Å². The largest absolute Gasteiger partial charge is 0.323 e. The average molecular weight is 262 g/mol. The van der Waals surface area contributed by atoms with E-state index in [-0.39, 0.29) is 11.9 Å². The number of fused-ring (bicyclic) bond motifs is 1. The quantitative estimate of drug-likeness (QED) is 0.886. The molecule has 0 aromatic heterocycles. The van der Waals surface area contributed by atoms with Crippen molar-refractivity contribution in [3.8, 4) is 0 Å². The van der Waals surface area contributed by atoms with Gasteiger partial charge in [0.2, 0.25) is 0 Å². The smallest absolute Gasteiger partial charge is 0.123 e. The molecule has 19 heavy (non-hydrogen) atoms. The van der Waals surface area contributed by atoms with Crippen LogP contribution in [0.4, 0.5) is 4.39 Å². The fourth-order valence-electron chi connectivity index (χ4n) is 3.79. The molecule has 2 saturated heterocycles. The number of piperidine rings is 2. The highest BCUT2D eigenvalue weighted by Gasteiger charge is 2.35. The summed E-state index contributed by atoms with van der Waals surface area (Å²) in [4.78, 5) is 2.63. The molecule has 0 amide bonds. The molecular formula is C16H23FN2. The number of benzene rings is 1. The van der Waals surface area contributed by atoms with E-state index in [0.717, 1.165) is 11.6 Å². The van der Waals surface area contributed by atoms with Gasteiger partial charge in [0.05, 0.1) is 0 Å². The fraction of sp³-hybridized carbons (Fsp3) is 0.625. The van der Waals surface area contributed by atoms with Crippen LogP contribution in [0.2, 0.25) is 0 Å². The lowest BCUT2D eigenvalue weighted by Gasteiger charge is -2.47. The summed E-state index contributed by atoms with van der Waals surface area (Å²) in [5.41, 5.74) is 7.53. The van der Waals surface area contributed by atoms with Crippen LogP contribution >= 0.6 is 0 Å². The molecule has 0 spiro atoms. The second-order valence-corrected chi connectivity index (χ2v) is 5.96. The lowest BCUT2D eigenvalue weighted by molar-refractivity contribution is 0.0392. The molecule has 3 rings (SSSR count). The molecule has 0 radical (unpaired) electrons. The summed E-state index contributed by atoms with van der Waals surface area (Å²) >= 11 is 0. The summed E-state index contributed by atoms with van der Waals surface area (Å²) < 4.78 is 13.0. The van der Waals surface area contributed by atoms with Crippen molar-refractivity contribution in [3.05, 3.63) is 35.6 Å². The molecule has 2 aliphatic rings. The van der Waals surface area contributed by atoms with Crippen LogP contribution in [0.3, 0.4) is 0 Å². The van der Waals surface area contributed by atoms with Crippen LogP contribution in [-0.4, -0.2) is 23.5 Å². The Labute approximate surface area is 114 Å². The van der Waals surface area contributed by atoms with Crippen molar-refractivity contribution in [2.45, 2.75) is 56.7 Å². The van der Waals surface area contributed by atoms with Crippen LogP contribution in [0.1, 0.15) is 50.1 Å². The zero-order valence-corrected chi connectivity index (χ0v) is 11.4. The summed E-state index contributed by atoms with van der Waals surface area (Å²) in [5, 5.41) is 0. The minimum Gasteiger partial charge on any atom is -0.323 e. The first-order valence-corrected chi connectivity index (χ1v) is 7.52. The standard InChI is InChI=1S/C16H23FN2/c17-13-9-7-12(8-10-13)16(18)15-6-3-5-14-4-1-2-11-19(14)15/h7-10,14-16H,1-6,11,18H2. The van der Waals surface area contributed by atoms with Crippen LogP contribution in [0.25, 0.3) is 0 Å². The Hall–Kier alpha value is -0.930. The summed E-state index contributed by atoms with van der Waals surface area (Å²) in [7, 11) is 0. The topological polar surface area (TPSA) is 29.3 Å². The van der Waals surface area contributed by atoms with Crippen molar-refractivity contribution < 1.29 is 4.39 Å². The van der Waals surface area contributed by atoms with E-state index in [1.807, 2.05) is 12.1 Å². The van der Waals surface area contributed by atoms with E-state index in [1.54, 1.807) is 0 Å². The molecule has 0 bridgehead atoms. The van der Waals surface area contributed by atoms with Gasteiger partial charge in [-0.3, -0.25) is 4.90 Å².